The third kappa shape index (κ3) is 9.09. The Kier molecular flexibility index (Phi) is 9.70. The standard InChI is InChI=1S/C22H26N4O5/c1-16-5-3-6-18(13-16)25-20(27)15-31-19-9-7-17(8-10-19)14-24-26-22(29)21(28)23-11-4-12-30-2/h3,5-10,13-14H,4,11-12,15H2,1-2H3,(H,23,28)(H,25,27)(H,26,29)/b24-14-. The molecule has 0 aromatic heterocycles. The summed E-state index contributed by atoms with van der Waals surface area (Å²) in [5, 5.41) is 8.98. The van der Waals surface area contributed by atoms with E-state index in [0.29, 0.717) is 36.6 Å². The van der Waals surface area contributed by atoms with Crippen LogP contribution in [0.1, 0.15) is 17.5 Å². The van der Waals surface area contributed by atoms with Crippen molar-refractivity contribution in [1.29, 1.82) is 0 Å². The Bertz CT molecular complexity index is 912. The lowest BCUT2D eigenvalue weighted by atomic mass is 10.2. The van der Waals surface area contributed by atoms with Crippen LogP contribution in [0, 0.1) is 6.92 Å². The Balaban J connectivity index is 1.72. The van der Waals surface area contributed by atoms with Gasteiger partial charge in [0, 0.05) is 25.9 Å². The number of ether oxygens (including phenoxy) is 2. The van der Waals surface area contributed by atoms with Gasteiger partial charge in [-0.05, 0) is 60.9 Å². The van der Waals surface area contributed by atoms with E-state index in [-0.39, 0.29) is 12.5 Å². The third-order valence-corrected chi connectivity index (χ3v) is 3.95. The van der Waals surface area contributed by atoms with Gasteiger partial charge in [-0.3, -0.25) is 14.4 Å². The molecule has 31 heavy (non-hydrogen) atoms. The van der Waals surface area contributed by atoms with Crippen LogP contribution in [0.25, 0.3) is 0 Å². The van der Waals surface area contributed by atoms with Crippen molar-refractivity contribution in [1.82, 2.24) is 10.7 Å². The molecule has 0 saturated carbocycles. The maximum absolute atomic E-state index is 12.0. The fraction of sp³-hybridized carbons (Fsp3) is 0.273. The molecule has 2 rings (SSSR count). The number of carbonyl (C=O) groups excluding carboxylic acids is 3. The maximum atomic E-state index is 12.0. The largest absolute Gasteiger partial charge is 0.484 e. The molecule has 3 amide bonds. The molecule has 164 valence electrons. The molecule has 0 bridgehead atoms. The number of methoxy groups -OCH3 is 1. The highest BCUT2D eigenvalue weighted by Gasteiger charge is 2.11. The second-order valence-electron chi connectivity index (χ2n) is 6.58. The van der Waals surface area contributed by atoms with Crippen LogP contribution < -0.4 is 20.8 Å². The summed E-state index contributed by atoms with van der Waals surface area (Å²) in [6.45, 7) is 2.66. The highest BCUT2D eigenvalue weighted by molar-refractivity contribution is 6.35. The highest BCUT2D eigenvalue weighted by Crippen LogP contribution is 2.12. The number of nitrogens with zero attached hydrogens (tertiary/aromatic N) is 1. The fourth-order valence-corrected chi connectivity index (χ4v) is 2.43. The Morgan fingerprint density at radius 1 is 1.06 bits per heavy atom. The fourth-order valence-electron chi connectivity index (χ4n) is 2.43. The number of aryl methyl sites for hydroxylation is 1. The summed E-state index contributed by atoms with van der Waals surface area (Å²) >= 11 is 0. The normalized spacial score (nSPS) is 10.5. The molecule has 9 heteroatoms. The van der Waals surface area contributed by atoms with Gasteiger partial charge >= 0.3 is 11.8 Å². The Labute approximate surface area is 180 Å². The van der Waals surface area contributed by atoms with E-state index in [9.17, 15) is 14.4 Å². The molecule has 0 saturated heterocycles. The molecule has 0 heterocycles. The zero-order valence-corrected chi connectivity index (χ0v) is 17.5. The van der Waals surface area contributed by atoms with Gasteiger partial charge in [-0.25, -0.2) is 5.43 Å². The quantitative estimate of drug-likeness (QED) is 0.231. The van der Waals surface area contributed by atoms with Crippen molar-refractivity contribution in [3.63, 3.8) is 0 Å². The molecule has 0 atom stereocenters. The first-order valence-electron chi connectivity index (χ1n) is 9.67. The summed E-state index contributed by atoms with van der Waals surface area (Å²) < 4.78 is 10.3. The number of anilines is 1. The van der Waals surface area contributed by atoms with Crippen molar-refractivity contribution in [3.05, 3.63) is 59.7 Å². The van der Waals surface area contributed by atoms with Crippen LogP contribution in [-0.4, -0.2) is 50.8 Å². The second kappa shape index (κ2) is 12.8. The van der Waals surface area contributed by atoms with Crippen LogP contribution in [0.3, 0.4) is 0 Å². The maximum Gasteiger partial charge on any atom is 0.329 e. The van der Waals surface area contributed by atoms with Crippen LogP contribution in [0.15, 0.2) is 53.6 Å². The van der Waals surface area contributed by atoms with E-state index in [1.54, 1.807) is 31.4 Å². The minimum Gasteiger partial charge on any atom is -0.484 e. The molecule has 0 aliphatic carbocycles. The first kappa shape index (κ1) is 23.6. The van der Waals surface area contributed by atoms with Crippen molar-refractivity contribution in [3.8, 4) is 5.75 Å². The molecule has 0 aliphatic heterocycles. The zero-order chi connectivity index (χ0) is 22.5. The molecule has 0 fully saturated rings. The molecule has 0 unspecified atom stereocenters. The predicted octanol–water partition coefficient (Wildman–Crippen LogP) is 1.62. The average molecular weight is 426 g/mol. The van der Waals surface area contributed by atoms with E-state index in [1.807, 2.05) is 31.2 Å². The van der Waals surface area contributed by atoms with Crippen LogP contribution in [0.5, 0.6) is 5.75 Å². The Hall–Kier alpha value is -3.72. The lowest BCUT2D eigenvalue weighted by Gasteiger charge is -2.08. The number of nitrogens with one attached hydrogen (secondary N) is 3. The van der Waals surface area contributed by atoms with E-state index in [2.05, 4.69) is 21.2 Å². The van der Waals surface area contributed by atoms with Crippen LogP contribution in [0.2, 0.25) is 0 Å². The van der Waals surface area contributed by atoms with E-state index in [4.69, 9.17) is 9.47 Å². The number of hydrogen-bond acceptors (Lipinski definition) is 6. The van der Waals surface area contributed by atoms with Crippen molar-refractivity contribution in [2.45, 2.75) is 13.3 Å². The molecule has 9 nitrogen and oxygen atoms in total. The molecule has 3 N–H and O–H groups in total. The molecule has 2 aromatic rings. The van der Waals surface area contributed by atoms with Crippen molar-refractivity contribution < 1.29 is 23.9 Å². The lowest BCUT2D eigenvalue weighted by molar-refractivity contribution is -0.139. The average Bonchev–Trinajstić information content (AvgIpc) is 2.76. The Morgan fingerprint density at radius 2 is 1.84 bits per heavy atom. The number of carbonyl (C=O) groups is 3. The number of rotatable bonds is 10. The molecular weight excluding hydrogens is 400 g/mol. The third-order valence-electron chi connectivity index (χ3n) is 3.95. The second-order valence-corrected chi connectivity index (χ2v) is 6.58. The summed E-state index contributed by atoms with van der Waals surface area (Å²) in [5.74, 6) is -1.37. The molecular formula is C22H26N4O5. The van der Waals surface area contributed by atoms with Gasteiger partial charge < -0.3 is 20.1 Å². The molecule has 0 radical (unpaired) electrons. The first-order chi connectivity index (χ1) is 15.0. The number of benzene rings is 2. The summed E-state index contributed by atoms with van der Waals surface area (Å²) in [6.07, 6.45) is 2.01. The van der Waals surface area contributed by atoms with E-state index >= 15 is 0 Å². The molecule has 0 aliphatic rings. The van der Waals surface area contributed by atoms with E-state index in [1.165, 1.54) is 6.21 Å². The highest BCUT2D eigenvalue weighted by atomic mass is 16.5. The van der Waals surface area contributed by atoms with Crippen molar-refractivity contribution in [2.24, 2.45) is 5.10 Å². The van der Waals surface area contributed by atoms with Gasteiger partial charge in [0.2, 0.25) is 0 Å². The minimum atomic E-state index is -0.853. The van der Waals surface area contributed by atoms with Crippen molar-refractivity contribution in [2.75, 3.05) is 32.2 Å². The molecule has 0 spiro atoms. The zero-order valence-electron chi connectivity index (χ0n) is 17.5. The van der Waals surface area contributed by atoms with Gasteiger partial charge in [0.15, 0.2) is 6.61 Å². The van der Waals surface area contributed by atoms with E-state index in [0.717, 1.165) is 5.56 Å². The summed E-state index contributed by atoms with van der Waals surface area (Å²) in [6, 6.07) is 14.2. The van der Waals surface area contributed by atoms with Gasteiger partial charge in [-0.1, -0.05) is 12.1 Å². The van der Waals surface area contributed by atoms with Crippen LogP contribution >= 0.6 is 0 Å². The minimum absolute atomic E-state index is 0.128. The van der Waals surface area contributed by atoms with Crippen molar-refractivity contribution >= 4 is 29.6 Å². The smallest absolute Gasteiger partial charge is 0.329 e. The SMILES string of the molecule is COCCCNC(=O)C(=O)N/N=C\c1ccc(OCC(=O)Nc2cccc(C)c2)cc1. The molecule has 2 aromatic carbocycles. The van der Waals surface area contributed by atoms with Gasteiger partial charge in [0.05, 0.1) is 6.21 Å². The topological polar surface area (TPSA) is 118 Å². The number of amides is 3. The van der Waals surface area contributed by atoms with E-state index < -0.39 is 11.8 Å². The predicted molar refractivity (Wildman–Crippen MR) is 117 cm³/mol. The lowest BCUT2D eigenvalue weighted by Crippen LogP contribution is -2.38. The summed E-state index contributed by atoms with van der Waals surface area (Å²) in [4.78, 5) is 35.2. The monoisotopic (exact) mass is 426 g/mol. The van der Waals surface area contributed by atoms with Gasteiger partial charge in [-0.2, -0.15) is 5.10 Å². The Morgan fingerprint density at radius 3 is 2.55 bits per heavy atom. The number of hydrogen-bond donors (Lipinski definition) is 3. The summed E-state index contributed by atoms with van der Waals surface area (Å²) in [5.41, 5.74) is 4.60. The van der Waals surface area contributed by atoms with Gasteiger partial charge in [-0.15, -0.1) is 0 Å². The summed E-state index contributed by atoms with van der Waals surface area (Å²) in [7, 11) is 1.56. The number of hydrazone groups is 1. The van der Waals surface area contributed by atoms with Gasteiger partial charge in [0.25, 0.3) is 5.91 Å². The first-order valence-corrected chi connectivity index (χ1v) is 9.67. The van der Waals surface area contributed by atoms with Crippen LogP contribution in [-0.2, 0) is 19.1 Å². The van der Waals surface area contributed by atoms with Gasteiger partial charge in [0.1, 0.15) is 5.75 Å². The van der Waals surface area contributed by atoms with Crippen LogP contribution in [0.4, 0.5) is 5.69 Å².